The van der Waals surface area contributed by atoms with E-state index >= 15 is 0 Å². The highest BCUT2D eigenvalue weighted by Gasteiger charge is 2.40. The van der Waals surface area contributed by atoms with Crippen molar-refractivity contribution in [3.63, 3.8) is 0 Å². The summed E-state index contributed by atoms with van der Waals surface area (Å²) in [6, 6.07) is 15.2. The quantitative estimate of drug-likeness (QED) is 0.209. The van der Waals surface area contributed by atoms with Crippen LogP contribution in [0.4, 0.5) is 4.79 Å². The van der Waals surface area contributed by atoms with Crippen LogP contribution in [0.5, 0.6) is 11.5 Å². The smallest absolute Gasteiger partial charge is 0.415 e. The van der Waals surface area contributed by atoms with Crippen molar-refractivity contribution in [1.29, 1.82) is 0 Å². The highest BCUT2D eigenvalue weighted by Crippen LogP contribution is 2.34. The number of aromatic nitrogens is 1. The molecule has 2 heterocycles. The number of ether oxygens (including phenoxy) is 2. The Morgan fingerprint density at radius 2 is 1.66 bits per heavy atom. The summed E-state index contributed by atoms with van der Waals surface area (Å²) in [5.74, 6) is 0.546. The lowest BCUT2D eigenvalue weighted by Gasteiger charge is -2.26. The normalized spacial score (nSPS) is 16.9. The SMILES string of the molecule is CSc1ccc(C(=O)[C@@H]2CN(C(=O)Oc3ccc(C)nc3)C[C@H]2Cc2cc(C)c(OC(C)(C)C(C)=O)c(C)c2)cc1. The summed E-state index contributed by atoms with van der Waals surface area (Å²) in [6.07, 6.45) is 3.64. The highest BCUT2D eigenvalue weighted by atomic mass is 32.2. The third-order valence-corrected chi connectivity index (χ3v) is 8.47. The number of nitrogens with zero attached hydrogens (tertiary/aromatic N) is 2. The van der Waals surface area contributed by atoms with Crippen molar-refractivity contribution in [3.05, 3.63) is 82.7 Å². The van der Waals surface area contributed by atoms with Crippen LogP contribution in [0.2, 0.25) is 0 Å². The lowest BCUT2D eigenvalue weighted by atomic mass is 9.84. The van der Waals surface area contributed by atoms with Crippen LogP contribution in [-0.4, -0.2) is 52.5 Å². The number of ketones is 2. The number of aryl methyl sites for hydroxylation is 3. The molecule has 8 heteroatoms. The molecule has 41 heavy (non-hydrogen) atoms. The zero-order chi connectivity index (χ0) is 29.9. The molecule has 1 aromatic heterocycles. The Hall–Kier alpha value is -3.65. The number of carbonyl (C=O) groups is 3. The molecule has 1 aliphatic heterocycles. The predicted molar refractivity (Wildman–Crippen MR) is 161 cm³/mol. The van der Waals surface area contributed by atoms with Gasteiger partial charge in [-0.05, 0) is 101 Å². The van der Waals surface area contributed by atoms with Crippen LogP contribution in [-0.2, 0) is 11.2 Å². The van der Waals surface area contributed by atoms with Crippen molar-refractivity contribution in [1.82, 2.24) is 9.88 Å². The van der Waals surface area contributed by atoms with Gasteiger partial charge in [-0.3, -0.25) is 14.6 Å². The maximum absolute atomic E-state index is 13.8. The summed E-state index contributed by atoms with van der Waals surface area (Å²) in [5.41, 5.74) is 3.43. The van der Waals surface area contributed by atoms with Gasteiger partial charge in [0.05, 0.1) is 6.20 Å². The van der Waals surface area contributed by atoms with Gasteiger partial charge < -0.3 is 14.4 Å². The Labute approximate surface area is 246 Å². The first-order valence-electron chi connectivity index (χ1n) is 13.8. The highest BCUT2D eigenvalue weighted by molar-refractivity contribution is 7.98. The van der Waals surface area contributed by atoms with E-state index in [1.165, 1.54) is 13.1 Å². The van der Waals surface area contributed by atoms with Gasteiger partial charge >= 0.3 is 6.09 Å². The number of pyridine rings is 1. The molecule has 4 rings (SSSR count). The van der Waals surface area contributed by atoms with Gasteiger partial charge in [0.2, 0.25) is 0 Å². The molecule has 3 aromatic rings. The number of rotatable bonds is 9. The minimum atomic E-state index is -0.931. The molecule has 0 N–H and O–H groups in total. The second-order valence-corrected chi connectivity index (χ2v) is 12.2. The van der Waals surface area contributed by atoms with E-state index < -0.39 is 11.7 Å². The van der Waals surface area contributed by atoms with E-state index in [-0.39, 0.29) is 29.9 Å². The lowest BCUT2D eigenvalue weighted by molar-refractivity contribution is -0.129. The van der Waals surface area contributed by atoms with Crippen molar-refractivity contribution in [2.75, 3.05) is 19.3 Å². The Morgan fingerprint density at radius 1 is 1.00 bits per heavy atom. The standard InChI is InChI=1S/C33H38N2O5S/c1-20-14-24(15-21(2)31(20)40-33(5,6)23(4)36)16-26-18-35(32(38)39-27-11-8-22(3)34-17-27)19-29(26)30(37)25-9-12-28(41-7)13-10-25/h8-15,17,26,29H,16,18-19H2,1-7H3/t26-,29-/m1/s1. The van der Waals surface area contributed by atoms with Gasteiger partial charge in [0.1, 0.15) is 5.75 Å². The molecule has 1 fully saturated rings. The summed E-state index contributed by atoms with van der Waals surface area (Å²) in [7, 11) is 0. The summed E-state index contributed by atoms with van der Waals surface area (Å²) in [5, 5.41) is 0. The largest absolute Gasteiger partial charge is 0.480 e. The monoisotopic (exact) mass is 574 g/mol. The first-order chi connectivity index (χ1) is 19.4. The third kappa shape index (κ3) is 7.17. The van der Waals surface area contributed by atoms with Crippen LogP contribution < -0.4 is 9.47 Å². The molecule has 0 unspecified atom stereocenters. The molecular weight excluding hydrogens is 536 g/mol. The Balaban J connectivity index is 1.59. The van der Waals surface area contributed by atoms with Crippen LogP contribution in [0.3, 0.4) is 0 Å². The molecule has 0 spiro atoms. The molecule has 216 valence electrons. The van der Waals surface area contributed by atoms with E-state index in [9.17, 15) is 14.4 Å². The van der Waals surface area contributed by atoms with Gasteiger partial charge in [0, 0.05) is 35.2 Å². The molecule has 7 nitrogen and oxygen atoms in total. The first-order valence-corrected chi connectivity index (χ1v) is 15.0. The fourth-order valence-corrected chi connectivity index (χ4v) is 5.53. The second-order valence-electron chi connectivity index (χ2n) is 11.3. The maximum Gasteiger partial charge on any atom is 0.415 e. The number of amides is 1. The summed E-state index contributed by atoms with van der Waals surface area (Å²) < 4.78 is 11.7. The van der Waals surface area contributed by atoms with Crippen molar-refractivity contribution in [3.8, 4) is 11.5 Å². The van der Waals surface area contributed by atoms with Gasteiger partial charge in [0.15, 0.2) is 22.9 Å². The molecule has 2 aromatic carbocycles. The minimum absolute atomic E-state index is 0.0200. The Bertz CT molecular complexity index is 1410. The topological polar surface area (TPSA) is 85.8 Å². The van der Waals surface area contributed by atoms with Gasteiger partial charge in [-0.2, -0.15) is 0 Å². The molecule has 0 aliphatic carbocycles. The average molecular weight is 575 g/mol. The number of hydrogen-bond acceptors (Lipinski definition) is 7. The van der Waals surface area contributed by atoms with Gasteiger partial charge in [-0.1, -0.05) is 24.3 Å². The minimum Gasteiger partial charge on any atom is -0.480 e. The Kier molecular flexibility index (Phi) is 9.22. The molecule has 0 radical (unpaired) electrons. The summed E-state index contributed by atoms with van der Waals surface area (Å²) >= 11 is 1.62. The van der Waals surface area contributed by atoms with Crippen molar-refractivity contribution in [2.24, 2.45) is 11.8 Å². The number of carbonyl (C=O) groups excluding carboxylic acids is 3. The fourth-order valence-electron chi connectivity index (χ4n) is 5.12. The van der Waals surface area contributed by atoms with Crippen molar-refractivity contribution < 1.29 is 23.9 Å². The second kappa shape index (κ2) is 12.5. The average Bonchev–Trinajstić information content (AvgIpc) is 3.35. The maximum atomic E-state index is 13.8. The zero-order valence-electron chi connectivity index (χ0n) is 24.8. The zero-order valence-corrected chi connectivity index (χ0v) is 25.6. The summed E-state index contributed by atoms with van der Waals surface area (Å²) in [6.45, 7) is 11.5. The van der Waals surface area contributed by atoms with Crippen LogP contribution in [0.15, 0.2) is 59.6 Å². The van der Waals surface area contributed by atoms with Gasteiger partial charge in [-0.25, -0.2) is 4.79 Å². The Morgan fingerprint density at radius 3 is 2.22 bits per heavy atom. The van der Waals surface area contributed by atoms with Crippen LogP contribution in [0, 0.1) is 32.6 Å². The van der Waals surface area contributed by atoms with Crippen LogP contribution in [0.25, 0.3) is 0 Å². The van der Waals surface area contributed by atoms with E-state index in [2.05, 4.69) is 4.98 Å². The number of likely N-dealkylation sites (tertiary alicyclic amines) is 1. The first kappa shape index (κ1) is 30.3. The molecule has 1 aliphatic rings. The van der Waals surface area contributed by atoms with Crippen molar-refractivity contribution >= 4 is 29.4 Å². The van der Waals surface area contributed by atoms with E-state index in [0.29, 0.717) is 30.0 Å². The van der Waals surface area contributed by atoms with E-state index in [4.69, 9.17) is 9.47 Å². The van der Waals surface area contributed by atoms with E-state index in [1.807, 2.05) is 63.4 Å². The van der Waals surface area contributed by atoms with E-state index in [0.717, 1.165) is 27.3 Å². The fraction of sp³-hybridized carbons (Fsp3) is 0.394. The number of hydrogen-bond donors (Lipinski definition) is 0. The lowest BCUT2D eigenvalue weighted by Crippen LogP contribution is -2.36. The van der Waals surface area contributed by atoms with Gasteiger partial charge in [-0.15, -0.1) is 11.8 Å². The predicted octanol–water partition coefficient (Wildman–Crippen LogP) is 6.65. The van der Waals surface area contributed by atoms with E-state index in [1.54, 1.807) is 42.6 Å². The molecular formula is C33H38N2O5S. The number of Topliss-reactive ketones (excluding diaryl/α,β-unsaturated/α-hetero) is 2. The van der Waals surface area contributed by atoms with Crippen LogP contribution >= 0.6 is 11.8 Å². The molecule has 0 saturated carbocycles. The number of thioether (sulfide) groups is 1. The third-order valence-electron chi connectivity index (χ3n) is 7.72. The van der Waals surface area contributed by atoms with Crippen molar-refractivity contribution in [2.45, 2.75) is 58.5 Å². The van der Waals surface area contributed by atoms with Crippen LogP contribution in [0.1, 0.15) is 53.5 Å². The molecule has 2 atom stereocenters. The molecule has 0 bridgehead atoms. The number of benzene rings is 2. The van der Waals surface area contributed by atoms with Gasteiger partial charge in [0.25, 0.3) is 0 Å². The molecule has 1 amide bonds. The summed E-state index contributed by atoms with van der Waals surface area (Å²) in [4.78, 5) is 45.9. The molecule has 1 saturated heterocycles.